The van der Waals surface area contributed by atoms with Crippen molar-refractivity contribution in [2.45, 2.75) is 32.9 Å². The van der Waals surface area contributed by atoms with Crippen LogP contribution in [0.1, 0.15) is 22.3 Å². The molecular weight excluding hydrogens is 554 g/mol. The lowest BCUT2D eigenvalue weighted by molar-refractivity contribution is -0.139. The molecule has 9 heteroatoms. The van der Waals surface area contributed by atoms with Gasteiger partial charge < -0.3 is 10.2 Å². The number of anilines is 1. The van der Waals surface area contributed by atoms with Crippen LogP contribution in [0, 0.1) is 13.8 Å². The predicted octanol–water partition coefficient (Wildman–Crippen LogP) is 4.22. The lowest BCUT2D eigenvalue weighted by Gasteiger charge is -2.34. The molecule has 0 fully saturated rings. The lowest BCUT2D eigenvalue weighted by atomic mass is 10.0. The predicted molar refractivity (Wildman–Crippen MR) is 151 cm³/mol. The van der Waals surface area contributed by atoms with E-state index in [9.17, 15) is 18.0 Å². The van der Waals surface area contributed by atoms with E-state index in [1.807, 2.05) is 86.6 Å². The Balaban J connectivity index is 2.06. The van der Waals surface area contributed by atoms with Crippen molar-refractivity contribution >= 4 is 43.5 Å². The SMILES string of the molecule is CNC(=O)[C@H](Cc1ccccc1)N(Cc1ccc(Br)cc1)C(=O)CN(c1c(C)cccc1C)S(C)(=O)=O. The number of sulfonamides is 1. The summed E-state index contributed by atoms with van der Waals surface area (Å²) in [5.74, 6) is -0.798. The fraction of sp³-hybridized carbons (Fsp3) is 0.286. The Bertz CT molecular complexity index is 1330. The molecule has 7 nitrogen and oxygen atoms in total. The van der Waals surface area contributed by atoms with E-state index >= 15 is 0 Å². The minimum absolute atomic E-state index is 0.140. The van der Waals surface area contributed by atoms with Crippen molar-refractivity contribution in [1.29, 1.82) is 0 Å². The fourth-order valence-electron chi connectivity index (χ4n) is 4.28. The molecule has 0 unspecified atom stereocenters. The van der Waals surface area contributed by atoms with Crippen molar-refractivity contribution in [2.75, 3.05) is 24.2 Å². The topological polar surface area (TPSA) is 86.8 Å². The van der Waals surface area contributed by atoms with Crippen LogP contribution in [0.25, 0.3) is 0 Å². The maximum Gasteiger partial charge on any atom is 0.244 e. The fourth-order valence-corrected chi connectivity index (χ4v) is 5.51. The van der Waals surface area contributed by atoms with Crippen LogP contribution in [-0.4, -0.2) is 51.0 Å². The molecule has 196 valence electrons. The molecule has 0 aliphatic rings. The van der Waals surface area contributed by atoms with Gasteiger partial charge in [0.15, 0.2) is 0 Å². The van der Waals surface area contributed by atoms with Crippen molar-refractivity contribution in [1.82, 2.24) is 10.2 Å². The molecule has 0 aromatic heterocycles. The summed E-state index contributed by atoms with van der Waals surface area (Å²) in [7, 11) is -2.27. The van der Waals surface area contributed by atoms with Gasteiger partial charge in [-0.1, -0.05) is 76.6 Å². The zero-order valence-electron chi connectivity index (χ0n) is 21.4. The average molecular weight is 587 g/mol. The molecule has 3 aromatic carbocycles. The van der Waals surface area contributed by atoms with Crippen LogP contribution in [0.5, 0.6) is 0 Å². The molecule has 0 aliphatic carbocycles. The second-order valence-corrected chi connectivity index (χ2v) is 11.8. The number of rotatable bonds is 10. The zero-order chi connectivity index (χ0) is 27.2. The first kappa shape index (κ1) is 28.4. The smallest absolute Gasteiger partial charge is 0.244 e. The van der Waals surface area contributed by atoms with Crippen molar-refractivity contribution in [3.8, 4) is 0 Å². The number of carbonyl (C=O) groups excluding carboxylic acids is 2. The molecule has 3 rings (SSSR count). The number of benzene rings is 3. The Morgan fingerprint density at radius 3 is 2.03 bits per heavy atom. The summed E-state index contributed by atoms with van der Waals surface area (Å²) in [6.07, 6.45) is 1.37. The highest BCUT2D eigenvalue weighted by molar-refractivity contribution is 9.10. The quantitative estimate of drug-likeness (QED) is 0.386. The minimum Gasteiger partial charge on any atom is -0.357 e. The molecule has 3 aromatic rings. The molecule has 37 heavy (non-hydrogen) atoms. The van der Waals surface area contributed by atoms with Crippen molar-refractivity contribution in [3.63, 3.8) is 0 Å². The van der Waals surface area contributed by atoms with Crippen LogP contribution in [0.15, 0.2) is 77.3 Å². The van der Waals surface area contributed by atoms with Crippen LogP contribution in [-0.2, 0) is 32.6 Å². The van der Waals surface area contributed by atoms with E-state index < -0.39 is 28.5 Å². The number of carbonyl (C=O) groups is 2. The summed E-state index contributed by atoms with van der Waals surface area (Å²) >= 11 is 3.42. The molecule has 1 N–H and O–H groups in total. The van der Waals surface area contributed by atoms with Gasteiger partial charge >= 0.3 is 0 Å². The highest BCUT2D eigenvalue weighted by atomic mass is 79.9. The zero-order valence-corrected chi connectivity index (χ0v) is 23.8. The molecule has 0 radical (unpaired) electrons. The molecule has 0 aliphatic heterocycles. The maximum absolute atomic E-state index is 14.0. The highest BCUT2D eigenvalue weighted by Gasteiger charge is 2.33. The summed E-state index contributed by atoms with van der Waals surface area (Å²) in [5.41, 5.74) is 3.66. The Morgan fingerprint density at radius 1 is 0.892 bits per heavy atom. The monoisotopic (exact) mass is 585 g/mol. The van der Waals surface area contributed by atoms with Crippen LogP contribution in [0.3, 0.4) is 0 Å². The van der Waals surface area contributed by atoms with E-state index in [0.717, 1.165) is 37.3 Å². The molecular formula is C28H32BrN3O4S. The lowest BCUT2D eigenvalue weighted by Crippen LogP contribution is -2.53. The Kier molecular flexibility index (Phi) is 9.50. The van der Waals surface area contributed by atoms with Crippen LogP contribution < -0.4 is 9.62 Å². The molecule has 0 heterocycles. The number of amides is 2. The number of nitrogens with zero attached hydrogens (tertiary/aromatic N) is 2. The third kappa shape index (κ3) is 7.42. The van der Waals surface area contributed by atoms with Crippen LogP contribution in [0.4, 0.5) is 5.69 Å². The minimum atomic E-state index is -3.80. The first-order valence-corrected chi connectivity index (χ1v) is 14.5. The number of para-hydroxylation sites is 1. The number of aryl methyl sites for hydroxylation is 2. The molecule has 0 bridgehead atoms. The summed E-state index contributed by atoms with van der Waals surface area (Å²) < 4.78 is 27.8. The molecule has 0 saturated heterocycles. The second kappa shape index (κ2) is 12.4. The Morgan fingerprint density at radius 2 is 1.49 bits per heavy atom. The third-order valence-corrected chi connectivity index (χ3v) is 7.79. The summed E-state index contributed by atoms with van der Waals surface area (Å²) in [5, 5.41) is 2.68. The van der Waals surface area contributed by atoms with Crippen molar-refractivity contribution in [3.05, 3.63) is 99.5 Å². The highest BCUT2D eigenvalue weighted by Crippen LogP contribution is 2.27. The molecule has 1 atom stereocenters. The average Bonchev–Trinajstić information content (AvgIpc) is 2.86. The van der Waals surface area contributed by atoms with Gasteiger partial charge in [-0.15, -0.1) is 0 Å². The summed E-state index contributed by atoms with van der Waals surface area (Å²) in [6, 6.07) is 21.5. The van der Waals surface area contributed by atoms with Gasteiger partial charge in [-0.05, 0) is 48.2 Å². The van der Waals surface area contributed by atoms with E-state index in [1.54, 1.807) is 0 Å². The summed E-state index contributed by atoms with van der Waals surface area (Å²) in [4.78, 5) is 28.5. The van der Waals surface area contributed by atoms with E-state index in [4.69, 9.17) is 0 Å². The van der Waals surface area contributed by atoms with Gasteiger partial charge in [-0.2, -0.15) is 0 Å². The van der Waals surface area contributed by atoms with Crippen molar-refractivity contribution in [2.24, 2.45) is 0 Å². The first-order valence-electron chi connectivity index (χ1n) is 11.8. The normalized spacial score (nSPS) is 12.0. The van der Waals surface area contributed by atoms with Crippen LogP contribution in [0.2, 0.25) is 0 Å². The van der Waals surface area contributed by atoms with Gasteiger partial charge in [0.1, 0.15) is 12.6 Å². The van der Waals surface area contributed by atoms with Gasteiger partial charge in [-0.3, -0.25) is 13.9 Å². The van der Waals surface area contributed by atoms with Gasteiger partial charge in [-0.25, -0.2) is 8.42 Å². The Labute approximate surface area is 227 Å². The summed E-state index contributed by atoms with van der Waals surface area (Å²) in [6.45, 7) is 3.34. The number of likely N-dealkylation sites (N-methyl/N-ethyl adjacent to an activating group) is 1. The van der Waals surface area contributed by atoms with E-state index in [-0.39, 0.29) is 18.9 Å². The molecule has 2 amide bonds. The number of hydrogen-bond acceptors (Lipinski definition) is 4. The first-order chi connectivity index (χ1) is 17.5. The second-order valence-electron chi connectivity index (χ2n) is 8.98. The standard InChI is InChI=1S/C28H32BrN3O4S/c1-20-9-8-10-21(2)27(20)32(37(4,35)36)19-26(33)31(18-23-13-15-24(29)16-14-23)25(28(34)30-3)17-22-11-6-5-7-12-22/h5-16,25H,17-19H2,1-4H3,(H,30,34)/t25-/m0/s1. The number of hydrogen-bond donors (Lipinski definition) is 1. The molecule has 0 saturated carbocycles. The van der Waals surface area contributed by atoms with Gasteiger partial charge in [0.25, 0.3) is 0 Å². The third-order valence-electron chi connectivity index (χ3n) is 6.15. The van der Waals surface area contributed by atoms with Gasteiger partial charge in [0, 0.05) is 24.5 Å². The Hall–Kier alpha value is -3.17. The van der Waals surface area contributed by atoms with Gasteiger partial charge in [0.2, 0.25) is 21.8 Å². The number of nitrogens with one attached hydrogen (secondary N) is 1. The number of halogens is 1. The van der Waals surface area contributed by atoms with Crippen LogP contribution >= 0.6 is 15.9 Å². The maximum atomic E-state index is 14.0. The largest absolute Gasteiger partial charge is 0.357 e. The van der Waals surface area contributed by atoms with E-state index in [2.05, 4.69) is 21.2 Å². The van der Waals surface area contributed by atoms with Gasteiger partial charge in [0.05, 0.1) is 11.9 Å². The van der Waals surface area contributed by atoms with Crippen molar-refractivity contribution < 1.29 is 18.0 Å². The van der Waals surface area contributed by atoms with E-state index in [0.29, 0.717) is 5.69 Å². The van der Waals surface area contributed by atoms with E-state index in [1.165, 1.54) is 11.9 Å². The molecule has 0 spiro atoms.